The zero-order chi connectivity index (χ0) is 22.0. The number of aryl methyl sites for hydroxylation is 1. The molecule has 2 aromatic rings. The van der Waals surface area contributed by atoms with Crippen LogP contribution in [0.2, 0.25) is 0 Å². The second kappa shape index (κ2) is 8.55. The highest BCUT2D eigenvalue weighted by Crippen LogP contribution is 2.34. The van der Waals surface area contributed by atoms with E-state index in [9.17, 15) is 19.2 Å². The van der Waals surface area contributed by atoms with E-state index < -0.39 is 5.91 Å². The minimum absolute atomic E-state index is 0.286. The maximum absolute atomic E-state index is 12.8. The minimum Gasteiger partial charge on any atom is -0.324 e. The summed E-state index contributed by atoms with van der Waals surface area (Å²) in [6, 6.07) is 14.0. The van der Waals surface area contributed by atoms with Crippen LogP contribution in [-0.4, -0.2) is 35.1 Å². The van der Waals surface area contributed by atoms with Crippen LogP contribution in [0.4, 0.5) is 11.4 Å². The third-order valence-electron chi connectivity index (χ3n) is 5.62. The van der Waals surface area contributed by atoms with Crippen LogP contribution in [0.1, 0.15) is 28.8 Å². The second-order valence-corrected chi connectivity index (χ2v) is 7.84. The van der Waals surface area contributed by atoms with Crippen molar-refractivity contribution in [3.05, 3.63) is 71.8 Å². The van der Waals surface area contributed by atoms with E-state index in [-0.39, 0.29) is 41.7 Å². The van der Waals surface area contributed by atoms with E-state index in [2.05, 4.69) is 10.6 Å². The van der Waals surface area contributed by atoms with Crippen molar-refractivity contribution in [2.75, 3.05) is 17.2 Å². The number of para-hydroxylation sites is 1. The molecule has 2 aliphatic rings. The number of benzene rings is 2. The van der Waals surface area contributed by atoms with Crippen molar-refractivity contribution in [2.24, 2.45) is 11.8 Å². The normalized spacial score (nSPS) is 19.8. The molecular formula is C24H23N3O4. The fraction of sp³-hybridized carbons (Fsp3) is 0.250. The Morgan fingerprint density at radius 3 is 2.29 bits per heavy atom. The summed E-state index contributed by atoms with van der Waals surface area (Å²) in [6.45, 7) is 1.56. The summed E-state index contributed by atoms with van der Waals surface area (Å²) in [5, 5.41) is 5.49. The summed E-state index contributed by atoms with van der Waals surface area (Å²) in [7, 11) is 0. The lowest BCUT2D eigenvalue weighted by atomic mass is 9.85. The van der Waals surface area contributed by atoms with Gasteiger partial charge in [0.1, 0.15) is 6.54 Å². The number of nitrogens with zero attached hydrogens (tertiary/aromatic N) is 1. The van der Waals surface area contributed by atoms with Crippen molar-refractivity contribution in [1.29, 1.82) is 0 Å². The van der Waals surface area contributed by atoms with E-state index in [0.717, 1.165) is 10.5 Å². The minimum atomic E-state index is -0.524. The number of anilines is 2. The van der Waals surface area contributed by atoms with Crippen molar-refractivity contribution < 1.29 is 19.2 Å². The van der Waals surface area contributed by atoms with Gasteiger partial charge in [-0.1, -0.05) is 36.4 Å². The molecule has 1 aliphatic carbocycles. The lowest BCUT2D eigenvalue weighted by Crippen LogP contribution is -2.38. The number of imide groups is 1. The highest BCUT2D eigenvalue weighted by Gasteiger charge is 2.47. The maximum atomic E-state index is 12.8. The number of rotatable bonds is 5. The predicted octanol–water partition coefficient (Wildman–Crippen LogP) is 3.14. The number of allylic oxidation sites excluding steroid dienone is 2. The van der Waals surface area contributed by atoms with Gasteiger partial charge in [-0.15, -0.1) is 0 Å². The van der Waals surface area contributed by atoms with Crippen LogP contribution in [0.25, 0.3) is 0 Å². The van der Waals surface area contributed by atoms with Gasteiger partial charge in [0.15, 0.2) is 0 Å². The average molecular weight is 417 g/mol. The Morgan fingerprint density at radius 2 is 1.61 bits per heavy atom. The number of hydrogen-bond acceptors (Lipinski definition) is 4. The zero-order valence-corrected chi connectivity index (χ0v) is 17.1. The molecule has 1 saturated heterocycles. The molecule has 1 aliphatic heterocycles. The van der Waals surface area contributed by atoms with Crippen molar-refractivity contribution in [2.45, 2.75) is 19.8 Å². The molecule has 7 nitrogen and oxygen atoms in total. The lowest BCUT2D eigenvalue weighted by Gasteiger charge is -2.16. The fourth-order valence-electron chi connectivity index (χ4n) is 4.07. The van der Waals surface area contributed by atoms with Crippen LogP contribution in [0, 0.1) is 18.8 Å². The number of nitrogens with one attached hydrogen (secondary N) is 2. The number of hydrogen-bond donors (Lipinski definition) is 2. The highest BCUT2D eigenvalue weighted by atomic mass is 16.2. The van der Waals surface area contributed by atoms with Gasteiger partial charge >= 0.3 is 0 Å². The van der Waals surface area contributed by atoms with E-state index in [4.69, 9.17) is 0 Å². The summed E-state index contributed by atoms with van der Waals surface area (Å²) >= 11 is 0. The van der Waals surface area contributed by atoms with Gasteiger partial charge in [0.05, 0.1) is 23.1 Å². The van der Waals surface area contributed by atoms with E-state index in [1.807, 2.05) is 37.3 Å². The van der Waals surface area contributed by atoms with Crippen LogP contribution in [0.15, 0.2) is 60.7 Å². The van der Waals surface area contributed by atoms with Crippen molar-refractivity contribution in [1.82, 2.24) is 4.90 Å². The van der Waals surface area contributed by atoms with E-state index in [0.29, 0.717) is 24.2 Å². The van der Waals surface area contributed by atoms with Crippen LogP contribution in [0.5, 0.6) is 0 Å². The number of carbonyl (C=O) groups is 4. The van der Waals surface area contributed by atoms with Gasteiger partial charge in [-0.25, -0.2) is 0 Å². The fourth-order valence-corrected chi connectivity index (χ4v) is 4.07. The SMILES string of the molecule is Cc1cccc(NC(=O)c2ccccc2NC(=O)CN2C(=O)[C@@H]3CC=CC[C@H]3C2=O)c1. The van der Waals surface area contributed by atoms with Crippen LogP contribution in [-0.2, 0) is 14.4 Å². The third kappa shape index (κ3) is 4.26. The lowest BCUT2D eigenvalue weighted by molar-refractivity contribution is -0.142. The first-order valence-electron chi connectivity index (χ1n) is 10.2. The molecule has 1 heterocycles. The molecule has 4 rings (SSSR count). The first-order valence-corrected chi connectivity index (χ1v) is 10.2. The maximum Gasteiger partial charge on any atom is 0.257 e. The molecule has 0 saturated carbocycles. The summed E-state index contributed by atoms with van der Waals surface area (Å²) in [6.07, 6.45) is 4.85. The van der Waals surface area contributed by atoms with Crippen molar-refractivity contribution >= 4 is 35.0 Å². The molecule has 2 N–H and O–H groups in total. The number of amides is 4. The Bertz CT molecular complexity index is 1070. The first kappa shape index (κ1) is 20.5. The van der Waals surface area contributed by atoms with Gasteiger partial charge in [-0.3, -0.25) is 24.1 Å². The number of carbonyl (C=O) groups excluding carboxylic acids is 4. The second-order valence-electron chi connectivity index (χ2n) is 7.84. The highest BCUT2D eigenvalue weighted by molar-refractivity contribution is 6.12. The molecule has 2 atom stereocenters. The van der Waals surface area contributed by atoms with Gasteiger partial charge in [0.2, 0.25) is 17.7 Å². The average Bonchev–Trinajstić information content (AvgIpc) is 2.99. The zero-order valence-electron chi connectivity index (χ0n) is 17.1. The predicted molar refractivity (Wildman–Crippen MR) is 116 cm³/mol. The summed E-state index contributed by atoms with van der Waals surface area (Å²) in [5.41, 5.74) is 2.26. The molecule has 1 fully saturated rings. The third-order valence-corrected chi connectivity index (χ3v) is 5.62. The number of likely N-dealkylation sites (tertiary alicyclic amines) is 1. The van der Waals surface area contributed by atoms with Crippen LogP contribution in [0.3, 0.4) is 0 Å². The molecule has 4 amide bonds. The summed E-state index contributed by atoms with van der Waals surface area (Å²) < 4.78 is 0. The molecule has 158 valence electrons. The summed E-state index contributed by atoms with van der Waals surface area (Å²) in [4.78, 5) is 51.6. The van der Waals surface area contributed by atoms with Gasteiger partial charge in [0.25, 0.3) is 5.91 Å². The van der Waals surface area contributed by atoms with Gasteiger partial charge in [-0.2, -0.15) is 0 Å². The molecule has 0 unspecified atom stereocenters. The Hall–Kier alpha value is -3.74. The quantitative estimate of drug-likeness (QED) is 0.577. The Labute approximate surface area is 180 Å². The molecule has 0 aromatic heterocycles. The van der Waals surface area contributed by atoms with Crippen molar-refractivity contribution in [3.8, 4) is 0 Å². The van der Waals surface area contributed by atoms with E-state index in [1.54, 1.807) is 30.3 Å². The molecule has 0 bridgehead atoms. The van der Waals surface area contributed by atoms with E-state index >= 15 is 0 Å². The van der Waals surface area contributed by atoms with Crippen molar-refractivity contribution in [3.63, 3.8) is 0 Å². The topological polar surface area (TPSA) is 95.6 Å². The molecule has 0 radical (unpaired) electrons. The molecule has 0 spiro atoms. The largest absolute Gasteiger partial charge is 0.324 e. The molecule has 2 aromatic carbocycles. The Morgan fingerprint density at radius 1 is 0.935 bits per heavy atom. The summed E-state index contributed by atoms with van der Waals surface area (Å²) in [5.74, 6) is -2.26. The number of fused-ring (bicyclic) bond motifs is 1. The van der Waals surface area contributed by atoms with Crippen LogP contribution < -0.4 is 10.6 Å². The smallest absolute Gasteiger partial charge is 0.257 e. The Kier molecular flexibility index (Phi) is 5.66. The molecule has 31 heavy (non-hydrogen) atoms. The van der Waals surface area contributed by atoms with E-state index in [1.165, 1.54) is 0 Å². The van der Waals surface area contributed by atoms with Crippen LogP contribution >= 0.6 is 0 Å². The molecule has 7 heteroatoms. The standard InChI is InChI=1S/C24H23N3O4/c1-15-7-6-8-16(13-15)25-22(29)19-11-4-5-12-20(19)26-21(28)14-27-23(30)17-9-2-3-10-18(17)24(27)31/h2-8,11-13,17-18H,9-10,14H2,1H3,(H,25,29)(H,26,28)/t17-,18-/m1/s1. The van der Waals surface area contributed by atoms with Gasteiger partial charge in [0, 0.05) is 5.69 Å². The van der Waals surface area contributed by atoms with Gasteiger partial charge < -0.3 is 10.6 Å². The first-order chi connectivity index (χ1) is 14.9. The van der Waals surface area contributed by atoms with Gasteiger partial charge in [-0.05, 0) is 49.6 Å². The Balaban J connectivity index is 1.45. The monoisotopic (exact) mass is 417 g/mol. The molecular weight excluding hydrogens is 394 g/mol.